The highest BCUT2D eigenvalue weighted by Gasteiger charge is 2.22. The molecule has 0 bridgehead atoms. The van der Waals surface area contributed by atoms with Crippen molar-refractivity contribution in [3.05, 3.63) is 182 Å². The largest absolute Gasteiger partial charge is 0.455 e. The number of para-hydroxylation sites is 1. The molecule has 5 nitrogen and oxygen atoms in total. The van der Waals surface area contributed by atoms with E-state index in [4.69, 9.17) is 19.4 Å². The first-order valence-corrected chi connectivity index (χ1v) is 18.9. The molecule has 9 aromatic carbocycles. The second-order valence-corrected chi connectivity index (χ2v) is 14.4. The van der Waals surface area contributed by atoms with Crippen LogP contribution in [0.3, 0.4) is 0 Å². The summed E-state index contributed by atoms with van der Waals surface area (Å²) in [6, 6.07) is 63.9. The molecule has 0 spiro atoms. The van der Waals surface area contributed by atoms with Gasteiger partial charge in [-0.25, -0.2) is 4.98 Å². The molecular formula is C51H30N4O. The lowest BCUT2D eigenvalue weighted by atomic mass is 9.96. The number of nitrogens with zero attached hydrogens (tertiary/aromatic N) is 4. The molecule has 5 heteroatoms. The SMILES string of the molecule is c1ccc(-c2nc(-c3cccc4c3oc3ccc5ccccc5c34)nc(-n3c4ccc(-c5cccc6ccccc56)cc4c4c5ccccc5ccc43)n2)cc1. The van der Waals surface area contributed by atoms with Gasteiger partial charge in [0.25, 0.3) is 0 Å². The average Bonchev–Trinajstić information content (AvgIpc) is 3.82. The van der Waals surface area contributed by atoms with Crippen molar-refractivity contribution in [1.29, 1.82) is 0 Å². The molecule has 0 aliphatic rings. The molecule has 0 amide bonds. The highest BCUT2D eigenvalue weighted by Crippen LogP contribution is 2.42. The van der Waals surface area contributed by atoms with E-state index in [1.807, 2.05) is 30.3 Å². The zero-order valence-corrected chi connectivity index (χ0v) is 30.0. The van der Waals surface area contributed by atoms with Crippen molar-refractivity contribution in [2.75, 3.05) is 0 Å². The molecule has 0 unspecified atom stereocenters. The van der Waals surface area contributed by atoms with E-state index in [2.05, 4.69) is 156 Å². The molecule has 12 aromatic rings. The predicted octanol–water partition coefficient (Wildman–Crippen LogP) is 13.3. The summed E-state index contributed by atoms with van der Waals surface area (Å²) in [5, 5.41) is 11.6. The third kappa shape index (κ3) is 4.58. The fraction of sp³-hybridized carbons (Fsp3) is 0. The number of furan rings is 1. The quantitative estimate of drug-likeness (QED) is 0.182. The molecule has 0 atom stereocenters. The normalized spacial score (nSPS) is 11.9. The first-order valence-electron chi connectivity index (χ1n) is 18.9. The van der Waals surface area contributed by atoms with Gasteiger partial charge >= 0.3 is 0 Å². The lowest BCUT2D eigenvalue weighted by molar-refractivity contribution is 0.669. The summed E-state index contributed by atoms with van der Waals surface area (Å²) < 4.78 is 8.89. The molecule has 12 rings (SSSR count). The van der Waals surface area contributed by atoms with Crippen molar-refractivity contribution in [3.63, 3.8) is 0 Å². The number of rotatable bonds is 4. The maximum atomic E-state index is 6.69. The first kappa shape index (κ1) is 30.8. The topological polar surface area (TPSA) is 56.7 Å². The fourth-order valence-corrected chi connectivity index (χ4v) is 8.70. The van der Waals surface area contributed by atoms with Crippen molar-refractivity contribution >= 4 is 76.1 Å². The Balaban J connectivity index is 1.16. The predicted molar refractivity (Wildman–Crippen MR) is 230 cm³/mol. The van der Waals surface area contributed by atoms with Gasteiger partial charge in [0, 0.05) is 27.1 Å². The summed E-state index contributed by atoms with van der Waals surface area (Å²) in [6.45, 7) is 0. The summed E-state index contributed by atoms with van der Waals surface area (Å²) in [5.74, 6) is 1.68. The lowest BCUT2D eigenvalue weighted by Gasteiger charge is -2.11. The fourth-order valence-electron chi connectivity index (χ4n) is 8.70. The minimum atomic E-state index is 0.542. The number of aromatic nitrogens is 4. The maximum Gasteiger partial charge on any atom is 0.238 e. The zero-order valence-electron chi connectivity index (χ0n) is 30.0. The molecular weight excluding hydrogens is 685 g/mol. The van der Waals surface area contributed by atoms with Crippen LogP contribution < -0.4 is 0 Å². The molecule has 0 aliphatic carbocycles. The summed E-state index contributed by atoms with van der Waals surface area (Å²) in [4.78, 5) is 15.7. The van der Waals surface area contributed by atoms with Gasteiger partial charge in [-0.1, -0.05) is 152 Å². The minimum absolute atomic E-state index is 0.542. The monoisotopic (exact) mass is 714 g/mol. The van der Waals surface area contributed by atoms with Gasteiger partial charge in [0.1, 0.15) is 11.2 Å². The van der Waals surface area contributed by atoms with Crippen molar-refractivity contribution in [1.82, 2.24) is 19.5 Å². The Bertz CT molecular complexity index is 3540. The summed E-state index contributed by atoms with van der Waals surface area (Å²) in [7, 11) is 0. The van der Waals surface area contributed by atoms with Crippen LogP contribution in [-0.2, 0) is 0 Å². The van der Waals surface area contributed by atoms with Gasteiger partial charge in [0.2, 0.25) is 5.95 Å². The van der Waals surface area contributed by atoms with Crippen LogP contribution >= 0.6 is 0 Å². The molecule has 3 aromatic heterocycles. The summed E-state index contributed by atoms with van der Waals surface area (Å²) in [6.07, 6.45) is 0. The average molecular weight is 715 g/mol. The molecule has 0 saturated heterocycles. The Morgan fingerprint density at radius 3 is 1.80 bits per heavy atom. The van der Waals surface area contributed by atoms with E-state index in [1.165, 1.54) is 32.5 Å². The standard InChI is InChI=1S/C51H30N4O/c1-2-15-34(16-3-1)49-52-50(41-23-11-22-40-47-39-20-9-6-14-33(39)26-29-45(47)56-48(40)41)54-51(53-49)55-43-27-25-35(37-21-10-17-31-12-4-7-18-36(31)37)30-42(43)46-38-19-8-5-13-32(38)24-28-44(46)55/h1-30H. The Morgan fingerprint density at radius 2 is 0.982 bits per heavy atom. The van der Waals surface area contributed by atoms with E-state index < -0.39 is 0 Å². The molecule has 56 heavy (non-hydrogen) atoms. The van der Waals surface area contributed by atoms with Gasteiger partial charge in [-0.2, -0.15) is 9.97 Å². The first-order chi connectivity index (χ1) is 27.8. The number of benzene rings is 9. The minimum Gasteiger partial charge on any atom is -0.455 e. The van der Waals surface area contributed by atoms with Crippen molar-refractivity contribution in [3.8, 4) is 39.9 Å². The van der Waals surface area contributed by atoms with Crippen molar-refractivity contribution < 1.29 is 4.42 Å². The Morgan fingerprint density at radius 1 is 0.375 bits per heavy atom. The third-order valence-electron chi connectivity index (χ3n) is 11.2. The van der Waals surface area contributed by atoms with E-state index in [9.17, 15) is 0 Å². The summed E-state index contributed by atoms with van der Waals surface area (Å²) >= 11 is 0. The van der Waals surface area contributed by atoms with Crippen LogP contribution in [0.2, 0.25) is 0 Å². The van der Waals surface area contributed by atoms with Crippen molar-refractivity contribution in [2.24, 2.45) is 0 Å². The maximum absolute atomic E-state index is 6.69. The highest BCUT2D eigenvalue weighted by molar-refractivity contribution is 6.22. The molecule has 0 saturated carbocycles. The van der Waals surface area contributed by atoms with Crippen LogP contribution in [0.15, 0.2) is 186 Å². The van der Waals surface area contributed by atoms with Crippen LogP contribution in [0.25, 0.3) is 116 Å². The van der Waals surface area contributed by atoms with Gasteiger partial charge in [0.15, 0.2) is 11.6 Å². The van der Waals surface area contributed by atoms with Crippen LogP contribution in [0.5, 0.6) is 0 Å². The number of hydrogen-bond acceptors (Lipinski definition) is 4. The smallest absolute Gasteiger partial charge is 0.238 e. The number of hydrogen-bond donors (Lipinski definition) is 0. The second kappa shape index (κ2) is 11.9. The van der Waals surface area contributed by atoms with E-state index in [1.54, 1.807) is 0 Å². The van der Waals surface area contributed by atoms with Gasteiger partial charge in [-0.05, 0) is 73.8 Å². The van der Waals surface area contributed by atoms with Crippen LogP contribution in [0.4, 0.5) is 0 Å². The van der Waals surface area contributed by atoms with Gasteiger partial charge < -0.3 is 4.42 Å². The summed E-state index contributed by atoms with van der Waals surface area (Å²) in [5.41, 5.74) is 7.71. The lowest BCUT2D eigenvalue weighted by Crippen LogP contribution is -2.06. The van der Waals surface area contributed by atoms with E-state index >= 15 is 0 Å². The van der Waals surface area contributed by atoms with Gasteiger partial charge in [-0.15, -0.1) is 0 Å². The van der Waals surface area contributed by atoms with Crippen LogP contribution in [0.1, 0.15) is 0 Å². The molecule has 0 aliphatic heterocycles. The highest BCUT2D eigenvalue weighted by atomic mass is 16.3. The van der Waals surface area contributed by atoms with Gasteiger partial charge in [0.05, 0.1) is 16.6 Å². The second-order valence-electron chi connectivity index (χ2n) is 14.4. The van der Waals surface area contributed by atoms with Crippen LogP contribution in [0, 0.1) is 0 Å². The van der Waals surface area contributed by atoms with E-state index in [0.717, 1.165) is 65.8 Å². The molecule has 0 N–H and O–H groups in total. The molecule has 3 heterocycles. The van der Waals surface area contributed by atoms with E-state index in [0.29, 0.717) is 17.6 Å². The van der Waals surface area contributed by atoms with Crippen LogP contribution in [-0.4, -0.2) is 19.5 Å². The third-order valence-corrected chi connectivity index (χ3v) is 11.2. The Hall–Kier alpha value is -7.63. The molecule has 260 valence electrons. The van der Waals surface area contributed by atoms with E-state index in [-0.39, 0.29) is 0 Å². The molecule has 0 radical (unpaired) electrons. The number of fused-ring (bicyclic) bond motifs is 11. The Labute approximate surface area is 320 Å². The van der Waals surface area contributed by atoms with Crippen molar-refractivity contribution in [2.45, 2.75) is 0 Å². The Kier molecular flexibility index (Phi) is 6.56. The zero-order chi connectivity index (χ0) is 36.7. The van der Waals surface area contributed by atoms with Gasteiger partial charge in [-0.3, -0.25) is 4.57 Å². The molecule has 0 fully saturated rings.